The van der Waals surface area contributed by atoms with Crippen LogP contribution < -0.4 is 10.1 Å². The van der Waals surface area contributed by atoms with Crippen molar-refractivity contribution < 1.29 is 4.74 Å². The summed E-state index contributed by atoms with van der Waals surface area (Å²) in [5, 5.41) is 3.87. The van der Waals surface area contributed by atoms with E-state index in [0.29, 0.717) is 11.6 Å². The van der Waals surface area contributed by atoms with Crippen molar-refractivity contribution >= 4 is 11.6 Å². The fourth-order valence-corrected chi connectivity index (χ4v) is 1.55. The lowest BCUT2D eigenvalue weighted by Crippen LogP contribution is -2.19. The van der Waals surface area contributed by atoms with E-state index in [1.807, 2.05) is 19.1 Å². The lowest BCUT2D eigenvalue weighted by Gasteiger charge is -2.16. The quantitative estimate of drug-likeness (QED) is 0.793. The molecular formula is C12H14ClNO. The highest BCUT2D eigenvalue weighted by Gasteiger charge is 2.10. The van der Waals surface area contributed by atoms with Crippen LogP contribution in [-0.4, -0.2) is 13.7 Å². The summed E-state index contributed by atoms with van der Waals surface area (Å²) in [6.07, 6.45) is 5.19. The molecule has 0 bridgehead atoms. The number of ether oxygens (including phenoxy) is 1. The molecule has 0 aliphatic heterocycles. The number of methoxy groups -OCH3 is 1. The van der Waals surface area contributed by atoms with Crippen LogP contribution in [-0.2, 0) is 0 Å². The Hall–Kier alpha value is -1.17. The Morgan fingerprint density at radius 2 is 2.33 bits per heavy atom. The lowest BCUT2D eigenvalue weighted by molar-refractivity contribution is 0.403. The van der Waals surface area contributed by atoms with E-state index in [2.05, 4.69) is 11.2 Å². The van der Waals surface area contributed by atoms with E-state index in [9.17, 15) is 0 Å². The molecule has 0 saturated carbocycles. The van der Waals surface area contributed by atoms with Gasteiger partial charge in [0.15, 0.2) is 0 Å². The summed E-state index contributed by atoms with van der Waals surface area (Å²) >= 11 is 5.93. The molecule has 0 fully saturated rings. The molecule has 3 heteroatoms. The third-order valence-corrected chi connectivity index (χ3v) is 2.40. The van der Waals surface area contributed by atoms with Crippen molar-refractivity contribution in [1.82, 2.24) is 5.32 Å². The van der Waals surface area contributed by atoms with Crippen molar-refractivity contribution in [2.45, 2.75) is 13.0 Å². The Bertz CT molecular complexity index is 370. The van der Waals surface area contributed by atoms with Crippen molar-refractivity contribution in [2.24, 2.45) is 0 Å². The van der Waals surface area contributed by atoms with Crippen molar-refractivity contribution in [2.75, 3.05) is 13.7 Å². The molecule has 0 radical (unpaired) electrons. The minimum absolute atomic E-state index is 0.120. The van der Waals surface area contributed by atoms with Gasteiger partial charge < -0.3 is 4.74 Å². The van der Waals surface area contributed by atoms with Crippen LogP contribution in [0.1, 0.15) is 18.5 Å². The number of hydrogen-bond donors (Lipinski definition) is 1. The van der Waals surface area contributed by atoms with Gasteiger partial charge in [-0.3, -0.25) is 5.32 Å². The summed E-state index contributed by atoms with van der Waals surface area (Å²) in [5.74, 6) is 3.35. The summed E-state index contributed by atoms with van der Waals surface area (Å²) in [5.41, 5.74) is 1.01. The minimum atomic E-state index is 0.120. The molecule has 0 saturated heterocycles. The maximum Gasteiger partial charge on any atom is 0.123 e. The van der Waals surface area contributed by atoms with Crippen LogP contribution in [0.4, 0.5) is 0 Å². The van der Waals surface area contributed by atoms with Gasteiger partial charge in [0.25, 0.3) is 0 Å². The molecule has 1 rings (SSSR count). The van der Waals surface area contributed by atoms with Gasteiger partial charge in [-0.1, -0.05) is 17.5 Å². The molecule has 80 valence electrons. The van der Waals surface area contributed by atoms with Gasteiger partial charge in [-0.2, -0.15) is 0 Å². The van der Waals surface area contributed by atoms with Crippen LogP contribution in [0.5, 0.6) is 5.75 Å². The number of halogens is 1. The van der Waals surface area contributed by atoms with Gasteiger partial charge in [-0.05, 0) is 25.1 Å². The van der Waals surface area contributed by atoms with Gasteiger partial charge in [0.1, 0.15) is 5.75 Å². The third kappa shape index (κ3) is 3.16. The van der Waals surface area contributed by atoms with E-state index < -0.39 is 0 Å². The number of hydrogen-bond acceptors (Lipinski definition) is 2. The highest BCUT2D eigenvalue weighted by atomic mass is 35.5. The van der Waals surface area contributed by atoms with Crippen molar-refractivity contribution in [3.05, 3.63) is 28.8 Å². The molecule has 0 heterocycles. The molecule has 1 unspecified atom stereocenters. The van der Waals surface area contributed by atoms with E-state index in [-0.39, 0.29) is 6.04 Å². The van der Waals surface area contributed by atoms with Crippen LogP contribution in [0.15, 0.2) is 18.2 Å². The Morgan fingerprint density at radius 3 is 2.93 bits per heavy atom. The topological polar surface area (TPSA) is 21.3 Å². The lowest BCUT2D eigenvalue weighted by atomic mass is 10.1. The molecule has 0 aliphatic carbocycles. The van der Waals surface area contributed by atoms with Gasteiger partial charge in [-0.25, -0.2) is 0 Å². The highest BCUT2D eigenvalue weighted by molar-refractivity contribution is 6.30. The molecule has 0 amide bonds. The largest absolute Gasteiger partial charge is 0.496 e. The number of benzene rings is 1. The Kier molecular flexibility index (Phi) is 4.48. The number of nitrogens with one attached hydrogen (secondary N) is 1. The summed E-state index contributed by atoms with van der Waals surface area (Å²) in [6.45, 7) is 2.54. The second kappa shape index (κ2) is 5.65. The molecular weight excluding hydrogens is 210 g/mol. The van der Waals surface area contributed by atoms with Gasteiger partial charge in [0, 0.05) is 16.6 Å². The van der Waals surface area contributed by atoms with Crippen molar-refractivity contribution in [1.29, 1.82) is 0 Å². The molecule has 0 aliphatic rings. The van der Waals surface area contributed by atoms with Crippen LogP contribution in [0, 0.1) is 12.3 Å². The zero-order valence-corrected chi connectivity index (χ0v) is 9.64. The highest BCUT2D eigenvalue weighted by Crippen LogP contribution is 2.27. The normalized spacial score (nSPS) is 11.9. The van der Waals surface area contributed by atoms with Crippen LogP contribution in [0.3, 0.4) is 0 Å². The van der Waals surface area contributed by atoms with Crippen LogP contribution in [0.2, 0.25) is 5.02 Å². The molecule has 15 heavy (non-hydrogen) atoms. The molecule has 1 N–H and O–H groups in total. The first-order valence-corrected chi connectivity index (χ1v) is 5.07. The predicted octanol–water partition coefficient (Wildman–Crippen LogP) is 2.63. The maximum atomic E-state index is 5.93. The molecule has 1 atom stereocenters. The first kappa shape index (κ1) is 11.9. The molecule has 0 aromatic heterocycles. The van der Waals surface area contributed by atoms with E-state index >= 15 is 0 Å². The average molecular weight is 224 g/mol. The second-order valence-corrected chi connectivity index (χ2v) is 3.63. The second-order valence-electron chi connectivity index (χ2n) is 3.19. The third-order valence-electron chi connectivity index (χ3n) is 2.17. The van der Waals surface area contributed by atoms with Crippen molar-refractivity contribution in [3.8, 4) is 18.1 Å². The Labute approximate surface area is 95.6 Å². The average Bonchev–Trinajstić information content (AvgIpc) is 2.25. The summed E-state index contributed by atoms with van der Waals surface area (Å²) in [6, 6.07) is 5.66. The molecule has 1 aromatic rings. The van der Waals surface area contributed by atoms with Gasteiger partial charge >= 0.3 is 0 Å². The first-order valence-electron chi connectivity index (χ1n) is 4.69. The van der Waals surface area contributed by atoms with E-state index in [0.717, 1.165) is 11.3 Å². The van der Waals surface area contributed by atoms with Crippen LogP contribution in [0.25, 0.3) is 0 Å². The summed E-state index contributed by atoms with van der Waals surface area (Å²) in [4.78, 5) is 0. The van der Waals surface area contributed by atoms with Gasteiger partial charge in [0.2, 0.25) is 0 Å². The number of terminal acetylenes is 1. The zero-order valence-electron chi connectivity index (χ0n) is 8.88. The van der Waals surface area contributed by atoms with E-state index in [1.165, 1.54) is 0 Å². The summed E-state index contributed by atoms with van der Waals surface area (Å²) < 4.78 is 5.25. The first-order chi connectivity index (χ1) is 7.19. The van der Waals surface area contributed by atoms with E-state index in [1.54, 1.807) is 13.2 Å². The monoisotopic (exact) mass is 223 g/mol. The smallest absolute Gasteiger partial charge is 0.123 e. The van der Waals surface area contributed by atoms with Gasteiger partial charge in [0.05, 0.1) is 13.7 Å². The fraction of sp³-hybridized carbons (Fsp3) is 0.333. The summed E-state index contributed by atoms with van der Waals surface area (Å²) in [7, 11) is 1.64. The predicted molar refractivity (Wildman–Crippen MR) is 63.3 cm³/mol. The SMILES string of the molecule is C#CCNC(C)c1cc(Cl)ccc1OC. The van der Waals surface area contributed by atoms with Gasteiger partial charge in [-0.15, -0.1) is 6.42 Å². The Balaban J connectivity index is 2.90. The number of rotatable bonds is 4. The fourth-order valence-electron chi connectivity index (χ4n) is 1.37. The molecule has 0 spiro atoms. The standard InChI is InChI=1S/C12H14ClNO/c1-4-7-14-9(2)11-8-10(13)5-6-12(11)15-3/h1,5-6,8-9,14H,7H2,2-3H3. The zero-order chi connectivity index (χ0) is 11.3. The minimum Gasteiger partial charge on any atom is -0.496 e. The maximum absolute atomic E-state index is 5.93. The molecule has 1 aromatic carbocycles. The molecule has 2 nitrogen and oxygen atoms in total. The van der Waals surface area contributed by atoms with Crippen LogP contribution >= 0.6 is 11.6 Å². The van der Waals surface area contributed by atoms with E-state index in [4.69, 9.17) is 22.8 Å². The Morgan fingerprint density at radius 1 is 1.60 bits per heavy atom. The van der Waals surface area contributed by atoms with Crippen molar-refractivity contribution in [3.63, 3.8) is 0 Å².